The van der Waals surface area contributed by atoms with Crippen molar-refractivity contribution in [3.8, 4) is 5.75 Å². The van der Waals surface area contributed by atoms with Crippen LogP contribution in [0.3, 0.4) is 0 Å². The maximum atomic E-state index is 13.6. The predicted molar refractivity (Wildman–Crippen MR) is 116 cm³/mol. The van der Waals surface area contributed by atoms with Crippen LogP contribution in [0.15, 0.2) is 48.0 Å². The second-order valence-corrected chi connectivity index (χ2v) is 9.52. The number of nitrogens with one attached hydrogen (secondary N) is 1. The van der Waals surface area contributed by atoms with Gasteiger partial charge in [0.2, 0.25) is 0 Å². The number of benzene rings is 2. The van der Waals surface area contributed by atoms with E-state index in [2.05, 4.69) is 19.2 Å². The van der Waals surface area contributed by atoms with Crippen molar-refractivity contribution in [2.75, 3.05) is 5.32 Å². The van der Waals surface area contributed by atoms with Gasteiger partial charge in [-0.05, 0) is 94.4 Å². The first-order valence-electron chi connectivity index (χ1n) is 10.4. The maximum Gasteiger partial charge on any atom is 0.412 e. The highest BCUT2D eigenvalue weighted by molar-refractivity contribution is 5.90. The standard InChI is InChI=1S/C25H28FNO3/c1-24(2,3)30-23(28)27-18-12-13-19-20(14-18)29-25(4,5)22(16-6-7-16)21(19)15-8-10-17(26)11-9-15/h8-14,16H,6-7H2,1-5H3,(H,27,28). The zero-order valence-corrected chi connectivity index (χ0v) is 18.1. The average molecular weight is 410 g/mol. The summed E-state index contributed by atoms with van der Waals surface area (Å²) in [4.78, 5) is 12.2. The molecule has 0 radical (unpaired) electrons. The van der Waals surface area contributed by atoms with Crippen LogP contribution in [0, 0.1) is 11.7 Å². The molecular weight excluding hydrogens is 381 g/mol. The Morgan fingerprint density at radius 2 is 1.80 bits per heavy atom. The van der Waals surface area contributed by atoms with E-state index in [-0.39, 0.29) is 5.82 Å². The number of anilines is 1. The van der Waals surface area contributed by atoms with Gasteiger partial charge >= 0.3 is 6.09 Å². The Bertz CT molecular complexity index is 1010. The van der Waals surface area contributed by atoms with Crippen molar-refractivity contribution in [2.45, 2.75) is 58.7 Å². The molecular formula is C25H28FNO3. The highest BCUT2D eigenvalue weighted by Gasteiger charge is 2.43. The lowest BCUT2D eigenvalue weighted by atomic mass is 9.80. The minimum atomic E-state index is -0.575. The third kappa shape index (κ3) is 4.20. The van der Waals surface area contributed by atoms with Gasteiger partial charge in [0.1, 0.15) is 22.8 Å². The van der Waals surface area contributed by atoms with Crippen LogP contribution in [-0.4, -0.2) is 17.3 Å². The molecule has 1 heterocycles. The summed E-state index contributed by atoms with van der Waals surface area (Å²) in [5, 5.41) is 2.78. The smallest absolute Gasteiger partial charge is 0.412 e. The molecule has 0 atom stereocenters. The number of halogens is 1. The number of amides is 1. The third-order valence-electron chi connectivity index (χ3n) is 5.30. The van der Waals surface area contributed by atoms with Gasteiger partial charge in [0, 0.05) is 17.3 Å². The van der Waals surface area contributed by atoms with E-state index in [1.807, 2.05) is 51.1 Å². The molecule has 0 unspecified atom stereocenters. The lowest BCUT2D eigenvalue weighted by molar-refractivity contribution is 0.0636. The van der Waals surface area contributed by atoms with E-state index >= 15 is 0 Å². The Hall–Kier alpha value is -2.82. The molecule has 1 N–H and O–H groups in total. The van der Waals surface area contributed by atoms with Gasteiger partial charge in [0.05, 0.1) is 0 Å². The topological polar surface area (TPSA) is 47.6 Å². The molecule has 2 aliphatic rings. The number of hydrogen-bond donors (Lipinski definition) is 1. The minimum Gasteiger partial charge on any atom is -0.483 e. The normalized spacial score (nSPS) is 17.8. The van der Waals surface area contributed by atoms with E-state index in [4.69, 9.17) is 9.47 Å². The van der Waals surface area contributed by atoms with E-state index in [0.29, 0.717) is 17.4 Å². The van der Waals surface area contributed by atoms with Gasteiger partial charge in [-0.15, -0.1) is 0 Å². The predicted octanol–water partition coefficient (Wildman–Crippen LogP) is 6.56. The Morgan fingerprint density at radius 1 is 1.13 bits per heavy atom. The van der Waals surface area contributed by atoms with Crippen molar-refractivity contribution >= 4 is 17.4 Å². The summed E-state index contributed by atoms with van der Waals surface area (Å²) in [6.45, 7) is 9.61. The fourth-order valence-corrected chi connectivity index (χ4v) is 4.08. The molecule has 4 rings (SSSR count). The number of carbonyl (C=O) groups is 1. The van der Waals surface area contributed by atoms with Gasteiger partial charge in [-0.3, -0.25) is 5.32 Å². The Morgan fingerprint density at radius 3 is 2.40 bits per heavy atom. The molecule has 2 aromatic carbocycles. The summed E-state index contributed by atoms with van der Waals surface area (Å²) >= 11 is 0. The SMILES string of the molecule is CC(C)(C)OC(=O)Nc1ccc2c(c1)OC(C)(C)C(C1CC1)=C2c1ccc(F)cc1. The minimum absolute atomic E-state index is 0.254. The average Bonchev–Trinajstić information content (AvgIpc) is 3.43. The molecule has 4 nitrogen and oxygen atoms in total. The third-order valence-corrected chi connectivity index (χ3v) is 5.30. The van der Waals surface area contributed by atoms with Gasteiger partial charge < -0.3 is 9.47 Å². The Balaban J connectivity index is 1.76. The Labute approximate surface area is 177 Å². The number of fused-ring (bicyclic) bond motifs is 1. The number of carbonyl (C=O) groups excluding carboxylic acids is 1. The maximum absolute atomic E-state index is 13.6. The fraction of sp³-hybridized carbons (Fsp3) is 0.400. The van der Waals surface area contributed by atoms with Gasteiger partial charge in [-0.2, -0.15) is 0 Å². The summed E-state index contributed by atoms with van der Waals surface area (Å²) in [5.74, 6) is 0.917. The molecule has 5 heteroatoms. The van der Waals surface area contributed by atoms with E-state index in [0.717, 1.165) is 29.5 Å². The molecule has 0 saturated heterocycles. The van der Waals surface area contributed by atoms with E-state index in [9.17, 15) is 9.18 Å². The lowest BCUT2D eigenvalue weighted by Crippen LogP contribution is -2.36. The van der Waals surface area contributed by atoms with Crippen LogP contribution in [-0.2, 0) is 4.74 Å². The number of hydrogen-bond acceptors (Lipinski definition) is 3. The first kappa shape index (κ1) is 20.5. The highest BCUT2D eigenvalue weighted by Crippen LogP contribution is 2.52. The first-order chi connectivity index (χ1) is 14.0. The van der Waals surface area contributed by atoms with Crippen LogP contribution >= 0.6 is 0 Å². The summed E-state index contributed by atoms with van der Waals surface area (Å²) < 4.78 is 25.3. The van der Waals surface area contributed by atoms with Gasteiger partial charge in [0.15, 0.2) is 0 Å². The molecule has 1 fully saturated rings. The number of ether oxygens (including phenoxy) is 2. The molecule has 158 valence electrons. The molecule has 1 aliphatic carbocycles. The zero-order valence-electron chi connectivity index (χ0n) is 18.1. The molecule has 2 aromatic rings. The Kier molecular flexibility index (Phi) is 4.88. The van der Waals surface area contributed by atoms with Crippen molar-refractivity contribution in [2.24, 2.45) is 5.92 Å². The van der Waals surface area contributed by atoms with Gasteiger partial charge in [0.25, 0.3) is 0 Å². The van der Waals surface area contributed by atoms with Crippen LogP contribution in [0.25, 0.3) is 5.57 Å². The van der Waals surface area contributed by atoms with Crippen LogP contribution < -0.4 is 10.1 Å². The van der Waals surface area contributed by atoms with E-state index in [1.165, 1.54) is 17.7 Å². The van der Waals surface area contributed by atoms with E-state index in [1.54, 1.807) is 0 Å². The fourth-order valence-electron chi connectivity index (χ4n) is 4.08. The van der Waals surface area contributed by atoms with Crippen LogP contribution in [0.1, 0.15) is 58.6 Å². The summed E-state index contributed by atoms with van der Waals surface area (Å²) in [6.07, 6.45) is 1.77. The van der Waals surface area contributed by atoms with Crippen LogP contribution in [0.5, 0.6) is 5.75 Å². The van der Waals surface area contributed by atoms with Crippen molar-refractivity contribution in [3.05, 3.63) is 65.0 Å². The van der Waals surface area contributed by atoms with E-state index < -0.39 is 17.3 Å². The molecule has 0 aromatic heterocycles. The molecule has 1 amide bonds. The second kappa shape index (κ2) is 7.15. The number of rotatable bonds is 3. The quantitative estimate of drug-likeness (QED) is 0.625. The summed E-state index contributed by atoms with van der Waals surface area (Å²) in [7, 11) is 0. The molecule has 1 aliphatic heterocycles. The van der Waals surface area contributed by atoms with Crippen molar-refractivity contribution in [1.82, 2.24) is 0 Å². The van der Waals surface area contributed by atoms with Crippen molar-refractivity contribution in [3.63, 3.8) is 0 Å². The summed E-state index contributed by atoms with van der Waals surface area (Å²) in [5.41, 5.74) is 3.83. The second-order valence-electron chi connectivity index (χ2n) is 9.52. The molecule has 0 spiro atoms. The molecule has 0 bridgehead atoms. The van der Waals surface area contributed by atoms with Crippen LogP contribution in [0.2, 0.25) is 0 Å². The van der Waals surface area contributed by atoms with Gasteiger partial charge in [-0.1, -0.05) is 12.1 Å². The van der Waals surface area contributed by atoms with Crippen molar-refractivity contribution < 1.29 is 18.7 Å². The van der Waals surface area contributed by atoms with Crippen molar-refractivity contribution in [1.29, 1.82) is 0 Å². The first-order valence-corrected chi connectivity index (χ1v) is 10.4. The highest BCUT2D eigenvalue weighted by atomic mass is 19.1. The zero-order chi connectivity index (χ0) is 21.7. The monoisotopic (exact) mass is 409 g/mol. The lowest BCUT2D eigenvalue weighted by Gasteiger charge is -2.38. The van der Waals surface area contributed by atoms with Gasteiger partial charge in [-0.25, -0.2) is 9.18 Å². The summed E-state index contributed by atoms with van der Waals surface area (Å²) in [6, 6.07) is 12.3. The molecule has 30 heavy (non-hydrogen) atoms. The largest absolute Gasteiger partial charge is 0.483 e. The molecule has 1 saturated carbocycles. The van der Waals surface area contributed by atoms with Crippen LogP contribution in [0.4, 0.5) is 14.9 Å².